The topological polar surface area (TPSA) is 75.6 Å². The molecule has 0 radical (unpaired) electrons. The minimum atomic E-state index is -0.418. The summed E-state index contributed by atoms with van der Waals surface area (Å²) < 4.78 is 5.62. The first-order chi connectivity index (χ1) is 12.4. The molecule has 5 nitrogen and oxygen atoms in total. The lowest BCUT2D eigenvalue weighted by Gasteiger charge is -2.42. The minimum Gasteiger partial charge on any atom is -0.462 e. The highest BCUT2D eigenvalue weighted by molar-refractivity contribution is 5.78. The third-order valence-electron chi connectivity index (χ3n) is 6.70. The predicted molar refractivity (Wildman–Crippen MR) is 99.3 cm³/mol. The fraction of sp³-hybridized carbons (Fsp3) is 0.905. The van der Waals surface area contributed by atoms with E-state index in [4.69, 9.17) is 4.74 Å². The van der Waals surface area contributed by atoms with Crippen molar-refractivity contribution in [2.24, 2.45) is 23.7 Å². The maximum atomic E-state index is 12.4. The van der Waals surface area contributed by atoms with Crippen molar-refractivity contribution >= 4 is 11.9 Å². The number of esters is 1. The van der Waals surface area contributed by atoms with Gasteiger partial charge in [0, 0.05) is 24.8 Å². The Kier molecular flexibility index (Phi) is 6.60. The largest absolute Gasteiger partial charge is 0.462 e. The van der Waals surface area contributed by atoms with Crippen LogP contribution in [0.4, 0.5) is 0 Å². The molecule has 1 saturated heterocycles. The molecule has 3 aliphatic rings. The fourth-order valence-electron chi connectivity index (χ4n) is 5.39. The monoisotopic (exact) mass is 365 g/mol. The van der Waals surface area contributed by atoms with Crippen LogP contribution in [-0.2, 0) is 14.3 Å². The summed E-state index contributed by atoms with van der Waals surface area (Å²) in [6.07, 6.45) is 8.47. The van der Waals surface area contributed by atoms with Gasteiger partial charge in [-0.25, -0.2) is 0 Å². The lowest BCUT2D eigenvalue weighted by molar-refractivity contribution is -0.168. The summed E-state index contributed by atoms with van der Waals surface area (Å²) in [5, 5.41) is 13.8. The number of nitrogens with one attached hydrogen (secondary N) is 1. The molecule has 0 aromatic heterocycles. The van der Waals surface area contributed by atoms with Gasteiger partial charge in [-0.2, -0.15) is 0 Å². The lowest BCUT2D eigenvalue weighted by atomic mass is 9.70. The van der Waals surface area contributed by atoms with Gasteiger partial charge in [-0.05, 0) is 49.9 Å². The number of ether oxygens (including phenoxy) is 1. The molecule has 3 fully saturated rings. The van der Waals surface area contributed by atoms with Gasteiger partial charge in [0.1, 0.15) is 6.10 Å². The van der Waals surface area contributed by atoms with Crippen molar-refractivity contribution in [3.63, 3.8) is 0 Å². The highest BCUT2D eigenvalue weighted by atomic mass is 16.5. The summed E-state index contributed by atoms with van der Waals surface area (Å²) in [4.78, 5) is 24.6. The summed E-state index contributed by atoms with van der Waals surface area (Å²) in [6.45, 7) is 4.28. The average molecular weight is 366 g/mol. The van der Waals surface area contributed by atoms with E-state index in [1.54, 1.807) is 0 Å². The van der Waals surface area contributed by atoms with Crippen molar-refractivity contribution in [1.82, 2.24) is 5.32 Å². The summed E-state index contributed by atoms with van der Waals surface area (Å²) in [5.41, 5.74) is 0. The second kappa shape index (κ2) is 8.73. The van der Waals surface area contributed by atoms with Crippen LogP contribution in [-0.4, -0.2) is 35.2 Å². The molecular formula is C21H35NO4. The Bertz CT molecular complexity index is 502. The van der Waals surface area contributed by atoms with Crippen molar-refractivity contribution in [2.45, 2.75) is 96.3 Å². The Morgan fingerprint density at radius 2 is 1.88 bits per heavy atom. The number of carbonyl (C=O) groups excluding carboxylic acids is 2. The van der Waals surface area contributed by atoms with Crippen LogP contribution in [0.5, 0.6) is 0 Å². The number of aliphatic hydroxyl groups excluding tert-OH is 1. The van der Waals surface area contributed by atoms with E-state index in [-0.39, 0.29) is 35.7 Å². The van der Waals surface area contributed by atoms with Gasteiger partial charge in [0.05, 0.1) is 6.10 Å². The quantitative estimate of drug-likeness (QED) is 0.750. The molecule has 5 heteroatoms. The van der Waals surface area contributed by atoms with Crippen molar-refractivity contribution in [2.75, 3.05) is 0 Å². The lowest BCUT2D eigenvalue weighted by Crippen LogP contribution is -2.46. The van der Waals surface area contributed by atoms with E-state index in [0.717, 1.165) is 25.7 Å². The zero-order valence-electron chi connectivity index (χ0n) is 16.3. The number of amides is 1. The van der Waals surface area contributed by atoms with Crippen molar-refractivity contribution in [3.8, 4) is 0 Å². The molecule has 1 heterocycles. The van der Waals surface area contributed by atoms with Gasteiger partial charge in [-0.1, -0.05) is 33.1 Å². The van der Waals surface area contributed by atoms with Gasteiger partial charge in [0.25, 0.3) is 0 Å². The molecule has 1 amide bonds. The van der Waals surface area contributed by atoms with Crippen molar-refractivity contribution in [1.29, 1.82) is 0 Å². The van der Waals surface area contributed by atoms with E-state index in [0.29, 0.717) is 31.2 Å². The van der Waals surface area contributed by atoms with E-state index >= 15 is 0 Å². The summed E-state index contributed by atoms with van der Waals surface area (Å²) in [7, 11) is 0. The van der Waals surface area contributed by atoms with Crippen LogP contribution >= 0.6 is 0 Å². The Morgan fingerprint density at radius 1 is 1.15 bits per heavy atom. The zero-order valence-corrected chi connectivity index (χ0v) is 16.3. The van der Waals surface area contributed by atoms with Crippen LogP contribution in [0.15, 0.2) is 0 Å². The first-order valence-corrected chi connectivity index (χ1v) is 10.6. The van der Waals surface area contributed by atoms with E-state index in [9.17, 15) is 14.7 Å². The highest BCUT2D eigenvalue weighted by Gasteiger charge is 2.42. The average Bonchev–Trinajstić information content (AvgIpc) is 2.58. The Balaban J connectivity index is 1.55. The van der Waals surface area contributed by atoms with Crippen molar-refractivity contribution < 1.29 is 19.4 Å². The van der Waals surface area contributed by atoms with E-state index in [2.05, 4.69) is 19.2 Å². The molecule has 0 bridgehead atoms. The van der Waals surface area contributed by atoms with Crippen LogP contribution in [0.2, 0.25) is 0 Å². The van der Waals surface area contributed by atoms with Gasteiger partial charge < -0.3 is 15.2 Å². The van der Waals surface area contributed by atoms with Crippen LogP contribution < -0.4 is 5.32 Å². The van der Waals surface area contributed by atoms with Gasteiger partial charge in [-0.15, -0.1) is 0 Å². The van der Waals surface area contributed by atoms with Crippen LogP contribution in [0.25, 0.3) is 0 Å². The first-order valence-electron chi connectivity index (χ1n) is 10.6. The Morgan fingerprint density at radius 3 is 2.62 bits per heavy atom. The summed E-state index contributed by atoms with van der Waals surface area (Å²) in [5.74, 6) is 0.659. The smallest absolute Gasteiger partial charge is 0.306 e. The zero-order chi connectivity index (χ0) is 18.7. The fourth-order valence-corrected chi connectivity index (χ4v) is 5.39. The number of hydrogen-bond acceptors (Lipinski definition) is 4. The molecule has 6 unspecified atom stereocenters. The maximum absolute atomic E-state index is 12.4. The van der Waals surface area contributed by atoms with E-state index in [1.165, 1.54) is 19.3 Å². The Labute approximate surface area is 157 Å². The van der Waals surface area contributed by atoms with Crippen LogP contribution in [0.1, 0.15) is 78.1 Å². The van der Waals surface area contributed by atoms with Gasteiger partial charge in [0.15, 0.2) is 0 Å². The van der Waals surface area contributed by atoms with Gasteiger partial charge in [-0.3, -0.25) is 9.59 Å². The molecule has 0 aromatic rings. The van der Waals surface area contributed by atoms with Gasteiger partial charge in [0.2, 0.25) is 5.91 Å². The number of rotatable bonds is 4. The summed E-state index contributed by atoms with van der Waals surface area (Å²) in [6, 6.07) is 0.310. The molecule has 26 heavy (non-hydrogen) atoms. The van der Waals surface area contributed by atoms with Crippen LogP contribution in [0, 0.1) is 23.7 Å². The molecule has 0 spiro atoms. The minimum absolute atomic E-state index is 0.00176. The third-order valence-corrected chi connectivity index (χ3v) is 6.70. The molecule has 2 N–H and O–H groups in total. The SMILES string of the molecule is CC1CC(C)C(O)C(C2CC(CC(=O)NC3CCCCC3)CC(=O)O2)C1. The molecule has 3 rings (SSSR count). The molecule has 2 saturated carbocycles. The Hall–Kier alpha value is -1.10. The number of hydrogen-bond donors (Lipinski definition) is 2. The number of cyclic esters (lactones) is 1. The first kappa shape index (κ1) is 19.7. The maximum Gasteiger partial charge on any atom is 0.306 e. The standard InChI is InChI=1S/C21H35NO4/c1-13-8-14(2)21(25)17(9-13)18-10-15(12-20(24)26-18)11-19(23)22-16-6-4-3-5-7-16/h13-18,21,25H,3-12H2,1-2H3,(H,22,23). The highest BCUT2D eigenvalue weighted by Crippen LogP contribution is 2.40. The second-order valence-electron chi connectivity index (χ2n) is 9.15. The van der Waals surface area contributed by atoms with Gasteiger partial charge >= 0.3 is 5.97 Å². The molecule has 0 aromatic carbocycles. The van der Waals surface area contributed by atoms with E-state index < -0.39 is 6.10 Å². The molecular weight excluding hydrogens is 330 g/mol. The van der Waals surface area contributed by atoms with Crippen LogP contribution in [0.3, 0.4) is 0 Å². The molecule has 148 valence electrons. The molecule has 2 aliphatic carbocycles. The number of aliphatic hydroxyl groups is 1. The third kappa shape index (κ3) is 4.99. The predicted octanol–water partition coefficient (Wildman–Crippen LogP) is 3.19. The molecule has 6 atom stereocenters. The second-order valence-corrected chi connectivity index (χ2v) is 9.15. The molecule has 1 aliphatic heterocycles. The summed E-state index contributed by atoms with van der Waals surface area (Å²) >= 11 is 0. The van der Waals surface area contributed by atoms with Crippen molar-refractivity contribution in [3.05, 3.63) is 0 Å². The normalized spacial score (nSPS) is 39.3. The number of carbonyl (C=O) groups is 2. The van der Waals surface area contributed by atoms with E-state index in [1.807, 2.05) is 0 Å².